The van der Waals surface area contributed by atoms with Crippen LogP contribution >= 0.6 is 0 Å². The summed E-state index contributed by atoms with van der Waals surface area (Å²) in [6.07, 6.45) is -0.439. The maximum Gasteiger partial charge on any atom is 0.326 e. The number of ether oxygens (including phenoxy) is 1. The van der Waals surface area contributed by atoms with Crippen LogP contribution in [0.5, 0.6) is 0 Å². The lowest BCUT2D eigenvalue weighted by atomic mass is 10.1. The molecule has 0 radical (unpaired) electrons. The number of nitrogens with one attached hydrogen (secondary N) is 1. The van der Waals surface area contributed by atoms with Gasteiger partial charge in [-0.2, -0.15) is 0 Å². The smallest absolute Gasteiger partial charge is 0.326 e. The summed E-state index contributed by atoms with van der Waals surface area (Å²) in [6, 6.07) is -2.18. The molecular weight excluding hydrogens is 240 g/mol. The molecule has 0 aliphatic heterocycles. The molecule has 0 fully saturated rings. The van der Waals surface area contributed by atoms with Crippen LogP contribution in [0.2, 0.25) is 0 Å². The van der Waals surface area contributed by atoms with Crippen molar-refractivity contribution in [2.45, 2.75) is 51.8 Å². The van der Waals surface area contributed by atoms with Crippen LogP contribution in [0.3, 0.4) is 0 Å². The molecule has 0 heterocycles. The van der Waals surface area contributed by atoms with E-state index < -0.39 is 42.0 Å². The minimum atomic E-state index is -1.33. The lowest BCUT2D eigenvalue weighted by molar-refractivity contribution is -0.158. The van der Waals surface area contributed by atoms with E-state index in [9.17, 15) is 14.4 Å². The van der Waals surface area contributed by atoms with Gasteiger partial charge in [-0.05, 0) is 27.7 Å². The SMILES string of the molecule is C[C@@H](N)C(=O)N[C@@H](CC(=O)OC(C)(C)C)C(=O)O. The first-order valence-electron chi connectivity index (χ1n) is 5.53. The number of hydrogen-bond donors (Lipinski definition) is 3. The third kappa shape index (κ3) is 6.85. The summed E-state index contributed by atoms with van der Waals surface area (Å²) in [6.45, 7) is 6.42. The predicted octanol–water partition coefficient (Wildman–Crippen LogP) is -0.365. The number of hydrogen-bond acceptors (Lipinski definition) is 5. The van der Waals surface area contributed by atoms with Gasteiger partial charge in [0.2, 0.25) is 5.91 Å². The van der Waals surface area contributed by atoms with Crippen molar-refractivity contribution in [2.24, 2.45) is 5.73 Å². The van der Waals surface area contributed by atoms with Crippen molar-refractivity contribution < 1.29 is 24.2 Å². The van der Waals surface area contributed by atoms with Gasteiger partial charge < -0.3 is 20.9 Å². The van der Waals surface area contributed by atoms with Crippen molar-refractivity contribution >= 4 is 17.8 Å². The molecule has 0 unspecified atom stereocenters. The zero-order chi connectivity index (χ0) is 14.5. The van der Waals surface area contributed by atoms with E-state index in [2.05, 4.69) is 5.32 Å². The Kier molecular flexibility index (Phi) is 5.77. The Morgan fingerprint density at radius 2 is 1.83 bits per heavy atom. The number of amides is 1. The molecule has 7 nitrogen and oxygen atoms in total. The molecule has 0 aromatic carbocycles. The number of carbonyl (C=O) groups is 3. The number of nitrogens with two attached hydrogens (primary N) is 1. The van der Waals surface area contributed by atoms with Crippen molar-refractivity contribution in [3.05, 3.63) is 0 Å². The van der Waals surface area contributed by atoms with Crippen LogP contribution in [-0.2, 0) is 19.1 Å². The Balaban J connectivity index is 4.51. The Labute approximate surface area is 106 Å². The topological polar surface area (TPSA) is 119 Å². The van der Waals surface area contributed by atoms with Gasteiger partial charge in [0.25, 0.3) is 0 Å². The molecule has 0 rings (SSSR count). The van der Waals surface area contributed by atoms with Crippen LogP contribution in [0.1, 0.15) is 34.1 Å². The highest BCUT2D eigenvalue weighted by atomic mass is 16.6. The summed E-state index contributed by atoms with van der Waals surface area (Å²) in [5.41, 5.74) is 4.59. The number of carboxylic acid groups (broad SMARTS) is 1. The van der Waals surface area contributed by atoms with Crippen LogP contribution in [0.25, 0.3) is 0 Å². The number of carboxylic acids is 1. The second-order valence-corrected chi connectivity index (χ2v) is 4.98. The molecule has 0 spiro atoms. The Bertz CT molecular complexity index is 333. The average molecular weight is 260 g/mol. The van der Waals surface area contributed by atoms with E-state index in [1.165, 1.54) is 6.92 Å². The fraction of sp³-hybridized carbons (Fsp3) is 0.727. The summed E-state index contributed by atoms with van der Waals surface area (Å²) in [7, 11) is 0. The van der Waals surface area contributed by atoms with E-state index in [1.807, 2.05) is 0 Å². The first kappa shape index (κ1) is 16.4. The third-order valence-electron chi connectivity index (χ3n) is 1.82. The van der Waals surface area contributed by atoms with E-state index >= 15 is 0 Å². The normalized spacial score (nSPS) is 14.5. The maximum atomic E-state index is 11.5. The second kappa shape index (κ2) is 6.34. The van der Waals surface area contributed by atoms with Gasteiger partial charge in [0.1, 0.15) is 11.6 Å². The number of aliphatic carboxylic acids is 1. The summed E-state index contributed by atoms with van der Waals surface area (Å²) in [4.78, 5) is 33.6. The molecule has 0 aromatic heterocycles. The van der Waals surface area contributed by atoms with Gasteiger partial charge in [-0.1, -0.05) is 0 Å². The van der Waals surface area contributed by atoms with Crippen LogP contribution in [-0.4, -0.2) is 40.6 Å². The van der Waals surface area contributed by atoms with Crippen molar-refractivity contribution in [3.63, 3.8) is 0 Å². The van der Waals surface area contributed by atoms with E-state index in [-0.39, 0.29) is 0 Å². The fourth-order valence-corrected chi connectivity index (χ4v) is 1.05. The molecule has 0 saturated heterocycles. The summed E-state index contributed by atoms with van der Waals surface area (Å²) in [5, 5.41) is 11.1. The average Bonchev–Trinajstić information content (AvgIpc) is 2.12. The molecule has 0 bridgehead atoms. The third-order valence-corrected chi connectivity index (χ3v) is 1.82. The Hall–Kier alpha value is -1.63. The van der Waals surface area contributed by atoms with Gasteiger partial charge in [-0.15, -0.1) is 0 Å². The van der Waals surface area contributed by atoms with E-state index in [1.54, 1.807) is 20.8 Å². The standard InChI is InChI=1S/C11H20N2O5/c1-6(12)9(15)13-7(10(16)17)5-8(14)18-11(2,3)4/h6-7H,5,12H2,1-4H3,(H,13,15)(H,16,17)/t6-,7+/m1/s1. The first-order valence-corrected chi connectivity index (χ1v) is 5.53. The monoisotopic (exact) mass is 260 g/mol. The molecule has 18 heavy (non-hydrogen) atoms. The van der Waals surface area contributed by atoms with Crippen LogP contribution < -0.4 is 11.1 Å². The molecule has 1 amide bonds. The summed E-state index contributed by atoms with van der Waals surface area (Å²) in [5.74, 6) is -2.64. The maximum absolute atomic E-state index is 11.5. The van der Waals surface area contributed by atoms with Gasteiger partial charge in [-0.25, -0.2) is 4.79 Å². The largest absolute Gasteiger partial charge is 0.480 e. The van der Waals surface area contributed by atoms with Crippen molar-refractivity contribution in [3.8, 4) is 0 Å². The number of rotatable bonds is 5. The lowest BCUT2D eigenvalue weighted by Gasteiger charge is -2.21. The van der Waals surface area contributed by atoms with Gasteiger partial charge in [0, 0.05) is 0 Å². The highest BCUT2D eigenvalue weighted by molar-refractivity contribution is 5.89. The molecule has 104 valence electrons. The number of carbonyl (C=O) groups excluding carboxylic acids is 2. The zero-order valence-corrected chi connectivity index (χ0v) is 11.0. The molecule has 4 N–H and O–H groups in total. The Morgan fingerprint density at radius 1 is 1.33 bits per heavy atom. The van der Waals surface area contributed by atoms with Gasteiger partial charge in [0.05, 0.1) is 12.5 Å². The lowest BCUT2D eigenvalue weighted by Crippen LogP contribution is -2.48. The van der Waals surface area contributed by atoms with Crippen molar-refractivity contribution in [2.75, 3.05) is 0 Å². The van der Waals surface area contributed by atoms with Crippen molar-refractivity contribution in [1.29, 1.82) is 0 Å². The second-order valence-electron chi connectivity index (χ2n) is 4.98. The van der Waals surface area contributed by atoms with Crippen LogP contribution in [0.15, 0.2) is 0 Å². The highest BCUT2D eigenvalue weighted by Gasteiger charge is 2.27. The molecule has 0 aliphatic carbocycles. The quantitative estimate of drug-likeness (QED) is 0.580. The highest BCUT2D eigenvalue weighted by Crippen LogP contribution is 2.09. The van der Waals surface area contributed by atoms with Crippen LogP contribution in [0, 0.1) is 0 Å². The molecule has 0 saturated carbocycles. The van der Waals surface area contributed by atoms with Gasteiger partial charge >= 0.3 is 11.9 Å². The first-order chi connectivity index (χ1) is 8.03. The summed E-state index contributed by atoms with van der Waals surface area (Å²) >= 11 is 0. The number of esters is 1. The van der Waals surface area contributed by atoms with E-state index in [4.69, 9.17) is 15.6 Å². The molecule has 2 atom stereocenters. The summed E-state index contributed by atoms with van der Waals surface area (Å²) < 4.78 is 4.98. The predicted molar refractivity (Wildman–Crippen MR) is 63.7 cm³/mol. The van der Waals surface area contributed by atoms with Crippen LogP contribution in [0.4, 0.5) is 0 Å². The minimum absolute atomic E-state index is 0.439. The molecule has 0 aromatic rings. The van der Waals surface area contributed by atoms with Gasteiger partial charge in [-0.3, -0.25) is 9.59 Å². The minimum Gasteiger partial charge on any atom is -0.480 e. The molecular formula is C11H20N2O5. The van der Waals surface area contributed by atoms with E-state index in [0.717, 1.165) is 0 Å². The molecule has 0 aliphatic rings. The fourth-order valence-electron chi connectivity index (χ4n) is 1.05. The van der Waals surface area contributed by atoms with Gasteiger partial charge in [0.15, 0.2) is 0 Å². The van der Waals surface area contributed by atoms with E-state index in [0.29, 0.717) is 0 Å². The molecule has 7 heteroatoms. The zero-order valence-electron chi connectivity index (χ0n) is 11.0. The Morgan fingerprint density at radius 3 is 2.17 bits per heavy atom. The van der Waals surface area contributed by atoms with Crippen molar-refractivity contribution in [1.82, 2.24) is 5.32 Å².